The van der Waals surface area contributed by atoms with Gasteiger partial charge in [0.15, 0.2) is 0 Å². The minimum Gasteiger partial charge on any atom is -0.381 e. The fraction of sp³-hybridized carbons (Fsp3) is 0.833. The molecule has 0 aliphatic rings. The van der Waals surface area contributed by atoms with Crippen molar-refractivity contribution in [1.82, 2.24) is 0 Å². The molecule has 2 nitrogen and oxygen atoms in total. The Hall–Kier alpha value is -0.0800. The van der Waals surface area contributed by atoms with Gasteiger partial charge in [0, 0.05) is 13.2 Å². The maximum Gasteiger partial charge on any atom is 0.0844 e. The first-order valence-corrected chi connectivity index (χ1v) is 2.87. The Morgan fingerprint density at radius 3 is 2.62 bits per heavy atom. The smallest absolute Gasteiger partial charge is 0.0844 e. The summed E-state index contributed by atoms with van der Waals surface area (Å²) in [7, 11) is 0. The second-order valence-electron chi connectivity index (χ2n) is 1.52. The zero-order valence-electron chi connectivity index (χ0n) is 5.06. The van der Waals surface area contributed by atoms with E-state index >= 15 is 0 Å². The summed E-state index contributed by atoms with van der Waals surface area (Å²) in [5.74, 6) is 0. The average Bonchev–Trinajstić information content (AvgIpc) is 1.81. The van der Waals surface area contributed by atoms with Crippen molar-refractivity contribution in [2.45, 2.75) is 12.8 Å². The highest BCUT2D eigenvalue weighted by Gasteiger charge is 1.83. The molecule has 0 heterocycles. The highest BCUT2D eigenvalue weighted by Crippen LogP contribution is 1.82. The summed E-state index contributed by atoms with van der Waals surface area (Å²) >= 11 is 0. The third-order valence-electron chi connectivity index (χ3n) is 0.722. The van der Waals surface area contributed by atoms with Crippen LogP contribution in [0.15, 0.2) is 0 Å². The minimum atomic E-state index is -0.0306. The van der Waals surface area contributed by atoms with Gasteiger partial charge in [0.2, 0.25) is 0 Å². The van der Waals surface area contributed by atoms with Crippen LogP contribution in [0.25, 0.3) is 0 Å². The molecule has 0 atom stereocenters. The molecule has 0 unspecified atom stereocenters. The topological polar surface area (TPSA) is 29.1 Å². The lowest BCUT2D eigenvalue weighted by Gasteiger charge is -1.96. The van der Waals surface area contributed by atoms with E-state index in [1.165, 1.54) is 0 Å². The molecule has 8 heavy (non-hydrogen) atoms. The molecule has 0 aliphatic heterocycles. The Morgan fingerprint density at radius 1 is 1.38 bits per heavy atom. The van der Waals surface area contributed by atoms with E-state index in [2.05, 4.69) is 6.92 Å². The predicted molar refractivity (Wildman–Crippen MR) is 31.0 cm³/mol. The average molecular weight is 116 g/mol. The molecule has 0 N–H and O–H groups in total. The Morgan fingerprint density at radius 2 is 2.12 bits per heavy atom. The summed E-state index contributed by atoms with van der Waals surface area (Å²) in [6.07, 6.45) is 1.42. The molecular weight excluding hydrogens is 104 g/mol. The zero-order chi connectivity index (χ0) is 6.24. The Kier molecular flexibility index (Phi) is 6.85. The number of hydrogen-bond donors (Lipinski definition) is 0. The molecular formula is C6H12O2. The highest BCUT2D eigenvalue weighted by atomic mass is 16.5. The van der Waals surface area contributed by atoms with Crippen LogP contribution in [0, 0.1) is 6.92 Å². The van der Waals surface area contributed by atoms with Crippen LogP contribution in [-0.2, 0) is 9.84 Å². The molecule has 0 spiro atoms. The van der Waals surface area contributed by atoms with Crippen molar-refractivity contribution >= 4 is 0 Å². The van der Waals surface area contributed by atoms with E-state index in [-0.39, 0.29) is 6.61 Å². The van der Waals surface area contributed by atoms with Crippen molar-refractivity contribution in [3.63, 3.8) is 0 Å². The molecule has 2 radical (unpaired) electrons. The molecule has 48 valence electrons. The second-order valence-corrected chi connectivity index (χ2v) is 1.52. The molecule has 0 bridgehead atoms. The van der Waals surface area contributed by atoms with E-state index in [0.29, 0.717) is 19.6 Å². The maximum absolute atomic E-state index is 9.80. The predicted octanol–water partition coefficient (Wildman–Crippen LogP) is 1.05. The molecule has 0 amide bonds. The van der Waals surface area contributed by atoms with E-state index in [1.54, 1.807) is 0 Å². The Bertz CT molecular complexity index is 31.5. The molecule has 0 saturated carbocycles. The van der Waals surface area contributed by atoms with Crippen LogP contribution in [0.1, 0.15) is 12.8 Å². The van der Waals surface area contributed by atoms with Gasteiger partial charge < -0.3 is 4.74 Å². The lowest BCUT2D eigenvalue weighted by Crippen LogP contribution is -1.96. The van der Waals surface area contributed by atoms with Crippen LogP contribution in [0.4, 0.5) is 0 Å². The van der Waals surface area contributed by atoms with Crippen molar-refractivity contribution in [3.05, 3.63) is 6.92 Å². The first-order chi connectivity index (χ1) is 3.91. The van der Waals surface area contributed by atoms with E-state index in [9.17, 15) is 5.11 Å². The lowest BCUT2D eigenvalue weighted by atomic mass is 10.5. The van der Waals surface area contributed by atoms with E-state index in [0.717, 1.165) is 6.42 Å². The SMILES string of the molecule is [CH2]CCOCCC[O]. The van der Waals surface area contributed by atoms with Crippen molar-refractivity contribution in [3.8, 4) is 0 Å². The van der Waals surface area contributed by atoms with Crippen LogP contribution in [0.5, 0.6) is 0 Å². The van der Waals surface area contributed by atoms with Gasteiger partial charge in [-0.1, -0.05) is 6.92 Å². The van der Waals surface area contributed by atoms with E-state index in [4.69, 9.17) is 4.74 Å². The normalized spacial score (nSPS) is 9.75. The van der Waals surface area contributed by atoms with Crippen LogP contribution < -0.4 is 0 Å². The minimum absolute atomic E-state index is 0.0306. The van der Waals surface area contributed by atoms with Gasteiger partial charge in [0.25, 0.3) is 0 Å². The Labute approximate surface area is 50.5 Å². The summed E-state index contributed by atoms with van der Waals surface area (Å²) in [4.78, 5) is 0. The van der Waals surface area contributed by atoms with Crippen molar-refractivity contribution in [2.24, 2.45) is 0 Å². The zero-order valence-corrected chi connectivity index (χ0v) is 5.06. The lowest BCUT2D eigenvalue weighted by molar-refractivity contribution is 0.101. The largest absolute Gasteiger partial charge is 0.381 e. The van der Waals surface area contributed by atoms with Gasteiger partial charge in [-0.2, -0.15) is 0 Å². The Balaban J connectivity index is 2.53. The second kappa shape index (κ2) is 6.92. The molecule has 0 rings (SSSR count). The molecule has 0 saturated heterocycles. The number of rotatable bonds is 5. The summed E-state index contributed by atoms with van der Waals surface area (Å²) in [6, 6.07) is 0. The fourth-order valence-corrected chi connectivity index (χ4v) is 0.365. The van der Waals surface area contributed by atoms with Crippen LogP contribution >= 0.6 is 0 Å². The summed E-state index contributed by atoms with van der Waals surface area (Å²) < 4.78 is 4.96. The third kappa shape index (κ3) is 5.92. The van der Waals surface area contributed by atoms with Gasteiger partial charge in [-0.25, -0.2) is 5.11 Å². The van der Waals surface area contributed by atoms with E-state index in [1.807, 2.05) is 0 Å². The van der Waals surface area contributed by atoms with Crippen LogP contribution in [0.3, 0.4) is 0 Å². The summed E-state index contributed by atoms with van der Waals surface area (Å²) in [6.45, 7) is 4.83. The van der Waals surface area contributed by atoms with Crippen LogP contribution in [0.2, 0.25) is 0 Å². The molecule has 0 aliphatic carbocycles. The first kappa shape index (κ1) is 7.92. The fourth-order valence-electron chi connectivity index (χ4n) is 0.365. The molecule has 0 aromatic heterocycles. The van der Waals surface area contributed by atoms with Gasteiger partial charge in [-0.3, -0.25) is 0 Å². The van der Waals surface area contributed by atoms with Crippen molar-refractivity contribution < 1.29 is 9.84 Å². The van der Waals surface area contributed by atoms with Gasteiger partial charge >= 0.3 is 0 Å². The standard InChI is InChI=1S/C6H12O2/c1-2-5-8-6-3-4-7/h1-6H2. The first-order valence-electron chi connectivity index (χ1n) is 2.87. The van der Waals surface area contributed by atoms with E-state index < -0.39 is 0 Å². The summed E-state index contributed by atoms with van der Waals surface area (Å²) in [5.41, 5.74) is 0. The molecule has 0 fully saturated rings. The third-order valence-corrected chi connectivity index (χ3v) is 0.722. The maximum atomic E-state index is 9.80. The van der Waals surface area contributed by atoms with Gasteiger partial charge in [-0.15, -0.1) is 0 Å². The van der Waals surface area contributed by atoms with Gasteiger partial charge in [0.1, 0.15) is 0 Å². The van der Waals surface area contributed by atoms with Crippen LogP contribution in [-0.4, -0.2) is 19.8 Å². The van der Waals surface area contributed by atoms with Gasteiger partial charge in [-0.05, 0) is 12.8 Å². The van der Waals surface area contributed by atoms with Crippen molar-refractivity contribution in [2.75, 3.05) is 19.8 Å². The molecule has 0 aromatic carbocycles. The molecule has 0 aromatic rings. The van der Waals surface area contributed by atoms with Crippen molar-refractivity contribution in [1.29, 1.82) is 0 Å². The number of hydrogen-bond acceptors (Lipinski definition) is 1. The number of ether oxygens (including phenoxy) is 1. The highest BCUT2D eigenvalue weighted by molar-refractivity contribution is 4.36. The monoisotopic (exact) mass is 116 g/mol. The quantitative estimate of drug-likeness (QED) is 0.493. The molecule has 2 heteroatoms. The summed E-state index contributed by atoms with van der Waals surface area (Å²) in [5, 5.41) is 9.80. The van der Waals surface area contributed by atoms with Gasteiger partial charge in [0.05, 0.1) is 6.61 Å².